The van der Waals surface area contributed by atoms with Crippen LogP contribution in [-0.2, 0) is 4.79 Å². The molecule has 0 aliphatic carbocycles. The number of likely N-dealkylation sites (tertiary alicyclic amines) is 1. The van der Waals surface area contributed by atoms with Gasteiger partial charge in [0.05, 0.1) is 5.56 Å². The second-order valence-corrected chi connectivity index (χ2v) is 6.32. The average molecular weight is 315 g/mol. The summed E-state index contributed by atoms with van der Waals surface area (Å²) in [5, 5.41) is 15.3. The van der Waals surface area contributed by atoms with Crippen LogP contribution in [-0.4, -0.2) is 48.0 Å². The van der Waals surface area contributed by atoms with E-state index in [0.717, 1.165) is 32.6 Å². The first-order chi connectivity index (χ1) is 11.1. The van der Waals surface area contributed by atoms with Gasteiger partial charge in [0.1, 0.15) is 11.9 Å². The van der Waals surface area contributed by atoms with Crippen molar-refractivity contribution in [3.8, 4) is 6.07 Å². The minimum Gasteiger partial charge on any atom is -0.369 e. The maximum absolute atomic E-state index is 11.7. The molecule has 23 heavy (non-hydrogen) atoms. The number of hydrogen-bond donors (Lipinski definition) is 2. The molecular weight excluding hydrogens is 290 g/mol. The van der Waals surface area contributed by atoms with E-state index in [9.17, 15) is 4.79 Å². The van der Waals surface area contributed by atoms with Crippen molar-refractivity contribution in [2.45, 2.75) is 32.7 Å². The lowest BCUT2D eigenvalue weighted by molar-refractivity contribution is -0.121. The Morgan fingerprint density at radius 1 is 1.57 bits per heavy atom. The van der Waals surface area contributed by atoms with Crippen LogP contribution in [0.25, 0.3) is 0 Å². The van der Waals surface area contributed by atoms with Crippen LogP contribution >= 0.6 is 0 Å². The highest BCUT2D eigenvalue weighted by atomic mass is 16.1. The third-order valence-electron chi connectivity index (χ3n) is 3.96. The van der Waals surface area contributed by atoms with Gasteiger partial charge in [-0.15, -0.1) is 0 Å². The van der Waals surface area contributed by atoms with Crippen molar-refractivity contribution in [1.82, 2.24) is 15.2 Å². The molecule has 124 valence electrons. The number of amides is 1. The van der Waals surface area contributed by atoms with E-state index in [-0.39, 0.29) is 11.9 Å². The van der Waals surface area contributed by atoms with Crippen LogP contribution in [0, 0.1) is 17.2 Å². The minimum atomic E-state index is 0.119. The molecular formula is C17H25N5O. The van der Waals surface area contributed by atoms with E-state index in [1.54, 1.807) is 18.3 Å². The molecule has 1 aliphatic heterocycles. The lowest BCUT2D eigenvalue weighted by Crippen LogP contribution is -2.33. The SMILES string of the molecule is CC(C)NC(=O)CCN1CC[C@H](CNc2ncccc2C#N)C1. The van der Waals surface area contributed by atoms with E-state index in [1.165, 1.54) is 0 Å². The molecule has 1 saturated heterocycles. The highest BCUT2D eigenvalue weighted by Gasteiger charge is 2.22. The van der Waals surface area contributed by atoms with Gasteiger partial charge in [-0.05, 0) is 44.9 Å². The van der Waals surface area contributed by atoms with Crippen molar-refractivity contribution in [3.63, 3.8) is 0 Å². The zero-order valence-corrected chi connectivity index (χ0v) is 13.9. The first kappa shape index (κ1) is 17.2. The number of aromatic nitrogens is 1. The summed E-state index contributed by atoms with van der Waals surface area (Å²) in [5.41, 5.74) is 0.577. The highest BCUT2D eigenvalue weighted by Crippen LogP contribution is 2.18. The van der Waals surface area contributed by atoms with Crippen LogP contribution in [0.4, 0.5) is 5.82 Å². The number of hydrogen-bond acceptors (Lipinski definition) is 5. The van der Waals surface area contributed by atoms with Gasteiger partial charge in [-0.25, -0.2) is 4.98 Å². The zero-order valence-electron chi connectivity index (χ0n) is 13.9. The summed E-state index contributed by atoms with van der Waals surface area (Å²) in [6.07, 6.45) is 3.35. The number of pyridine rings is 1. The molecule has 0 aromatic carbocycles. The molecule has 1 aromatic heterocycles. The third-order valence-corrected chi connectivity index (χ3v) is 3.96. The molecule has 1 fully saturated rings. The Bertz CT molecular complexity index is 566. The Hall–Kier alpha value is -2.13. The standard InChI is InChI=1S/C17H25N5O/c1-13(2)21-16(23)6-9-22-8-5-14(12-22)11-20-17-15(10-18)4-3-7-19-17/h3-4,7,13-14H,5-6,8-9,11-12H2,1-2H3,(H,19,20)(H,21,23)/t14-/m1/s1. The van der Waals surface area contributed by atoms with E-state index < -0.39 is 0 Å². The fourth-order valence-electron chi connectivity index (χ4n) is 2.81. The molecule has 6 nitrogen and oxygen atoms in total. The summed E-state index contributed by atoms with van der Waals surface area (Å²) < 4.78 is 0. The number of rotatable bonds is 7. The van der Waals surface area contributed by atoms with Crippen molar-refractivity contribution in [3.05, 3.63) is 23.9 Å². The Morgan fingerprint density at radius 2 is 2.39 bits per heavy atom. The topological polar surface area (TPSA) is 81.1 Å². The van der Waals surface area contributed by atoms with Crippen LogP contribution in [0.3, 0.4) is 0 Å². The molecule has 0 unspecified atom stereocenters. The first-order valence-corrected chi connectivity index (χ1v) is 8.19. The molecule has 6 heteroatoms. The van der Waals surface area contributed by atoms with Crippen LogP contribution < -0.4 is 10.6 Å². The van der Waals surface area contributed by atoms with Gasteiger partial charge in [-0.2, -0.15) is 5.26 Å². The monoisotopic (exact) mass is 315 g/mol. The average Bonchev–Trinajstić information content (AvgIpc) is 2.98. The third kappa shape index (κ3) is 5.53. The number of nitrogens with one attached hydrogen (secondary N) is 2. The van der Waals surface area contributed by atoms with E-state index in [4.69, 9.17) is 5.26 Å². The Morgan fingerprint density at radius 3 is 3.13 bits per heavy atom. The second kappa shape index (κ2) is 8.49. The van der Waals surface area contributed by atoms with Crippen molar-refractivity contribution in [1.29, 1.82) is 5.26 Å². The van der Waals surface area contributed by atoms with Gasteiger partial charge >= 0.3 is 0 Å². The Kier molecular flexibility index (Phi) is 6.36. The molecule has 1 atom stereocenters. The fourth-order valence-corrected chi connectivity index (χ4v) is 2.81. The molecule has 0 spiro atoms. The molecule has 0 saturated carbocycles. The summed E-state index contributed by atoms with van der Waals surface area (Å²) >= 11 is 0. The fraction of sp³-hybridized carbons (Fsp3) is 0.588. The minimum absolute atomic E-state index is 0.119. The summed E-state index contributed by atoms with van der Waals surface area (Å²) in [6.45, 7) is 7.57. The molecule has 2 rings (SSSR count). The maximum Gasteiger partial charge on any atom is 0.221 e. The highest BCUT2D eigenvalue weighted by molar-refractivity contribution is 5.76. The number of carbonyl (C=O) groups is 1. The van der Waals surface area contributed by atoms with Crippen LogP contribution in [0.5, 0.6) is 0 Å². The number of anilines is 1. The zero-order chi connectivity index (χ0) is 16.7. The van der Waals surface area contributed by atoms with Gasteiger partial charge in [0, 0.05) is 38.3 Å². The number of nitrogens with zero attached hydrogens (tertiary/aromatic N) is 3. The normalized spacial score (nSPS) is 17.9. The van der Waals surface area contributed by atoms with Gasteiger partial charge in [-0.3, -0.25) is 4.79 Å². The quantitative estimate of drug-likeness (QED) is 0.799. The second-order valence-electron chi connectivity index (χ2n) is 6.32. The Labute approximate surface area is 137 Å². The van der Waals surface area contributed by atoms with E-state index >= 15 is 0 Å². The van der Waals surface area contributed by atoms with Crippen molar-refractivity contribution in [2.75, 3.05) is 31.5 Å². The van der Waals surface area contributed by atoms with E-state index in [1.807, 2.05) is 13.8 Å². The molecule has 1 amide bonds. The van der Waals surface area contributed by atoms with E-state index in [2.05, 4.69) is 26.6 Å². The summed E-state index contributed by atoms with van der Waals surface area (Å²) in [4.78, 5) is 18.2. The van der Waals surface area contributed by atoms with Crippen molar-refractivity contribution in [2.24, 2.45) is 5.92 Å². The molecule has 2 heterocycles. The van der Waals surface area contributed by atoms with Crippen LogP contribution in [0.2, 0.25) is 0 Å². The molecule has 1 aromatic rings. The van der Waals surface area contributed by atoms with Gasteiger partial charge < -0.3 is 15.5 Å². The predicted molar refractivity (Wildman–Crippen MR) is 89.9 cm³/mol. The Balaban J connectivity index is 1.71. The lowest BCUT2D eigenvalue weighted by atomic mass is 10.1. The summed E-state index contributed by atoms with van der Waals surface area (Å²) in [5.74, 6) is 1.30. The molecule has 0 bridgehead atoms. The van der Waals surface area contributed by atoms with Crippen molar-refractivity contribution < 1.29 is 4.79 Å². The first-order valence-electron chi connectivity index (χ1n) is 8.19. The van der Waals surface area contributed by atoms with E-state index in [0.29, 0.717) is 23.7 Å². The van der Waals surface area contributed by atoms with Gasteiger partial charge in [0.25, 0.3) is 0 Å². The van der Waals surface area contributed by atoms with Crippen LogP contribution in [0.1, 0.15) is 32.3 Å². The summed E-state index contributed by atoms with van der Waals surface area (Å²) in [6, 6.07) is 5.88. The smallest absolute Gasteiger partial charge is 0.221 e. The van der Waals surface area contributed by atoms with Crippen LogP contribution in [0.15, 0.2) is 18.3 Å². The molecule has 0 radical (unpaired) electrons. The maximum atomic E-state index is 11.7. The van der Waals surface area contributed by atoms with Gasteiger partial charge in [0.2, 0.25) is 5.91 Å². The lowest BCUT2D eigenvalue weighted by Gasteiger charge is -2.17. The molecule has 2 N–H and O–H groups in total. The summed E-state index contributed by atoms with van der Waals surface area (Å²) in [7, 11) is 0. The predicted octanol–water partition coefficient (Wildman–Crippen LogP) is 1.60. The molecule has 1 aliphatic rings. The van der Waals surface area contributed by atoms with Crippen molar-refractivity contribution >= 4 is 11.7 Å². The van der Waals surface area contributed by atoms with Gasteiger partial charge in [-0.1, -0.05) is 0 Å². The number of carbonyl (C=O) groups excluding carboxylic acids is 1. The largest absolute Gasteiger partial charge is 0.369 e. The van der Waals surface area contributed by atoms with Gasteiger partial charge in [0.15, 0.2) is 0 Å². The number of nitriles is 1.